The number of amides is 1. The zero-order chi connectivity index (χ0) is 23.9. The Labute approximate surface area is 203 Å². The summed E-state index contributed by atoms with van der Waals surface area (Å²) < 4.78 is 20.3. The summed E-state index contributed by atoms with van der Waals surface area (Å²) in [7, 11) is 1.63. The van der Waals surface area contributed by atoms with Crippen LogP contribution in [-0.2, 0) is 4.79 Å². The van der Waals surface area contributed by atoms with E-state index in [9.17, 15) is 9.18 Å². The van der Waals surface area contributed by atoms with Crippen molar-refractivity contribution < 1.29 is 13.9 Å². The van der Waals surface area contributed by atoms with E-state index in [-0.39, 0.29) is 17.5 Å². The van der Waals surface area contributed by atoms with Crippen molar-refractivity contribution in [3.8, 4) is 11.4 Å². The van der Waals surface area contributed by atoms with E-state index >= 15 is 0 Å². The molecule has 2 aromatic carbocycles. The van der Waals surface area contributed by atoms with Crippen molar-refractivity contribution in [3.05, 3.63) is 60.2 Å². The molecule has 0 spiro atoms. The summed E-state index contributed by atoms with van der Waals surface area (Å²) in [6, 6.07) is 14.3. The number of piperazine rings is 1. The van der Waals surface area contributed by atoms with Gasteiger partial charge in [-0.2, -0.15) is 0 Å². The summed E-state index contributed by atoms with van der Waals surface area (Å²) in [6.07, 6.45) is 0. The van der Waals surface area contributed by atoms with E-state index in [1.165, 1.54) is 23.9 Å². The molecule has 1 aliphatic heterocycles. The first kappa shape index (κ1) is 24.0. The first-order chi connectivity index (χ1) is 16.5. The van der Waals surface area contributed by atoms with Crippen molar-refractivity contribution >= 4 is 23.4 Å². The largest absolute Gasteiger partial charge is 0.497 e. The minimum absolute atomic E-state index is 0.0307. The molecule has 3 aromatic rings. The molecule has 180 valence electrons. The summed E-state index contributed by atoms with van der Waals surface area (Å²) in [5.41, 5.74) is 1.97. The molecule has 1 aliphatic rings. The molecule has 10 heteroatoms. The first-order valence-electron chi connectivity index (χ1n) is 11.2. The lowest BCUT2D eigenvalue weighted by atomic mass is 10.2. The molecule has 1 fully saturated rings. The van der Waals surface area contributed by atoms with Crippen LogP contribution in [0.5, 0.6) is 5.75 Å². The van der Waals surface area contributed by atoms with Gasteiger partial charge in [-0.1, -0.05) is 11.8 Å². The third kappa shape index (κ3) is 6.06. The number of anilines is 1. The molecule has 1 N–H and O–H groups in total. The summed E-state index contributed by atoms with van der Waals surface area (Å²) in [5.74, 6) is 1.56. The minimum Gasteiger partial charge on any atom is -0.497 e. The van der Waals surface area contributed by atoms with Crippen molar-refractivity contribution in [1.82, 2.24) is 25.0 Å². The van der Waals surface area contributed by atoms with Crippen molar-refractivity contribution in [3.63, 3.8) is 0 Å². The second-order valence-electron chi connectivity index (χ2n) is 8.01. The van der Waals surface area contributed by atoms with Crippen LogP contribution in [0.3, 0.4) is 0 Å². The molecule has 0 radical (unpaired) electrons. The van der Waals surface area contributed by atoms with Gasteiger partial charge in [0.2, 0.25) is 5.91 Å². The lowest BCUT2D eigenvalue weighted by Crippen LogP contribution is -2.48. The van der Waals surface area contributed by atoms with E-state index in [4.69, 9.17) is 4.74 Å². The number of nitrogens with zero attached hydrogens (tertiary/aromatic N) is 5. The molecule has 34 heavy (non-hydrogen) atoms. The minimum atomic E-state index is -0.215. The molecular weight excluding hydrogens is 455 g/mol. The van der Waals surface area contributed by atoms with Gasteiger partial charge in [0.15, 0.2) is 5.16 Å². The fourth-order valence-corrected chi connectivity index (χ4v) is 4.71. The van der Waals surface area contributed by atoms with Crippen molar-refractivity contribution in [2.75, 3.05) is 57.0 Å². The number of nitrogens with one attached hydrogen (secondary N) is 1. The van der Waals surface area contributed by atoms with Crippen LogP contribution >= 0.6 is 11.8 Å². The number of methoxy groups -OCH3 is 1. The van der Waals surface area contributed by atoms with E-state index in [2.05, 4.69) is 25.3 Å². The maximum absolute atomic E-state index is 13.1. The maximum Gasteiger partial charge on any atom is 0.230 e. The highest BCUT2D eigenvalue weighted by atomic mass is 32.2. The van der Waals surface area contributed by atoms with Crippen LogP contribution in [0.2, 0.25) is 0 Å². The molecule has 4 rings (SSSR count). The highest BCUT2D eigenvalue weighted by Gasteiger charge is 2.18. The number of hydrogen-bond acceptors (Lipinski definition) is 7. The Morgan fingerprint density at radius 3 is 2.38 bits per heavy atom. The van der Waals surface area contributed by atoms with Crippen LogP contribution in [0.4, 0.5) is 10.1 Å². The van der Waals surface area contributed by atoms with Gasteiger partial charge in [0.25, 0.3) is 0 Å². The van der Waals surface area contributed by atoms with Crippen molar-refractivity contribution in [2.45, 2.75) is 12.1 Å². The molecule has 2 heterocycles. The summed E-state index contributed by atoms with van der Waals surface area (Å²) in [4.78, 5) is 17.0. The number of thioether (sulfide) groups is 1. The van der Waals surface area contributed by atoms with Gasteiger partial charge in [-0.3, -0.25) is 14.3 Å². The fraction of sp³-hybridized carbons (Fsp3) is 0.375. The standard InChI is InChI=1S/C24H29FN6O2S/c1-18-27-28-24(31(18)21-7-9-22(33-2)10-8-21)34-17-23(32)26-11-12-29-13-15-30(16-14-29)20-5-3-19(25)4-6-20/h3-10H,11-17H2,1-2H3,(H,26,32). The van der Waals surface area contributed by atoms with E-state index in [1.807, 2.05) is 47.9 Å². The van der Waals surface area contributed by atoms with Crippen LogP contribution in [0.15, 0.2) is 53.7 Å². The molecule has 0 aliphatic carbocycles. The van der Waals surface area contributed by atoms with E-state index in [1.54, 1.807) is 7.11 Å². The van der Waals surface area contributed by atoms with E-state index in [0.717, 1.165) is 55.7 Å². The van der Waals surface area contributed by atoms with Crippen LogP contribution in [0.25, 0.3) is 5.69 Å². The molecule has 8 nitrogen and oxygen atoms in total. The highest BCUT2D eigenvalue weighted by molar-refractivity contribution is 7.99. The second kappa shape index (κ2) is 11.3. The van der Waals surface area contributed by atoms with Gasteiger partial charge in [-0.25, -0.2) is 4.39 Å². The topological polar surface area (TPSA) is 75.5 Å². The van der Waals surface area contributed by atoms with E-state index in [0.29, 0.717) is 11.7 Å². The van der Waals surface area contributed by atoms with Gasteiger partial charge in [-0.15, -0.1) is 10.2 Å². The molecule has 0 atom stereocenters. The molecule has 0 bridgehead atoms. The zero-order valence-corrected chi connectivity index (χ0v) is 20.2. The Bertz CT molecular complexity index is 1080. The first-order valence-corrected chi connectivity index (χ1v) is 12.2. The Kier molecular flexibility index (Phi) is 8.02. The number of carbonyl (C=O) groups is 1. The number of aryl methyl sites for hydroxylation is 1. The number of halogens is 1. The number of carbonyl (C=O) groups excluding carboxylic acids is 1. The Balaban J connectivity index is 1.19. The number of aromatic nitrogens is 3. The van der Waals surface area contributed by atoms with Crippen molar-refractivity contribution in [1.29, 1.82) is 0 Å². The Morgan fingerprint density at radius 1 is 1.03 bits per heavy atom. The molecule has 1 saturated heterocycles. The quantitative estimate of drug-likeness (QED) is 0.468. The smallest absolute Gasteiger partial charge is 0.230 e. The van der Waals surface area contributed by atoms with E-state index < -0.39 is 0 Å². The lowest BCUT2D eigenvalue weighted by Gasteiger charge is -2.36. The van der Waals surface area contributed by atoms with Gasteiger partial charge in [-0.05, 0) is 55.5 Å². The van der Waals surface area contributed by atoms with Gasteiger partial charge >= 0.3 is 0 Å². The van der Waals surface area contributed by atoms with Crippen LogP contribution in [0.1, 0.15) is 5.82 Å². The number of hydrogen-bond donors (Lipinski definition) is 1. The lowest BCUT2D eigenvalue weighted by molar-refractivity contribution is -0.118. The number of benzene rings is 2. The van der Waals surface area contributed by atoms with Gasteiger partial charge in [0.1, 0.15) is 17.4 Å². The summed E-state index contributed by atoms with van der Waals surface area (Å²) in [5, 5.41) is 12.1. The molecule has 0 saturated carbocycles. The molecule has 1 amide bonds. The highest BCUT2D eigenvalue weighted by Crippen LogP contribution is 2.23. The van der Waals surface area contributed by atoms with Crippen LogP contribution < -0.4 is 15.0 Å². The number of ether oxygens (including phenoxy) is 1. The van der Waals surface area contributed by atoms with Gasteiger partial charge in [0, 0.05) is 50.6 Å². The fourth-order valence-electron chi connectivity index (χ4n) is 3.88. The number of rotatable bonds is 9. The zero-order valence-electron chi connectivity index (χ0n) is 19.4. The molecular formula is C24H29FN6O2S. The average Bonchev–Trinajstić information content (AvgIpc) is 3.24. The normalized spacial score (nSPS) is 14.3. The Morgan fingerprint density at radius 2 is 1.71 bits per heavy atom. The summed E-state index contributed by atoms with van der Waals surface area (Å²) in [6.45, 7) is 6.87. The third-order valence-electron chi connectivity index (χ3n) is 5.77. The predicted octanol–water partition coefficient (Wildman–Crippen LogP) is 2.75. The third-order valence-corrected chi connectivity index (χ3v) is 6.70. The van der Waals surface area contributed by atoms with Crippen LogP contribution in [0, 0.1) is 12.7 Å². The van der Waals surface area contributed by atoms with Gasteiger partial charge < -0.3 is 15.0 Å². The monoisotopic (exact) mass is 484 g/mol. The SMILES string of the molecule is COc1ccc(-n2c(C)nnc2SCC(=O)NCCN2CCN(c3ccc(F)cc3)CC2)cc1. The summed E-state index contributed by atoms with van der Waals surface area (Å²) >= 11 is 1.36. The second-order valence-corrected chi connectivity index (χ2v) is 8.95. The molecule has 0 unspecified atom stereocenters. The van der Waals surface area contributed by atoms with Crippen molar-refractivity contribution in [2.24, 2.45) is 0 Å². The average molecular weight is 485 g/mol. The predicted molar refractivity (Wildman–Crippen MR) is 131 cm³/mol. The van der Waals surface area contributed by atoms with Gasteiger partial charge in [0.05, 0.1) is 12.9 Å². The Hall–Kier alpha value is -3.11. The maximum atomic E-state index is 13.1. The van der Waals surface area contributed by atoms with Crippen LogP contribution in [-0.4, -0.2) is 77.7 Å². The molecule has 1 aromatic heterocycles.